The molecule has 4 heteroatoms. The average Bonchev–Trinajstić information content (AvgIpc) is 2.70. The predicted octanol–water partition coefficient (Wildman–Crippen LogP) is 1.98. The van der Waals surface area contributed by atoms with Crippen molar-refractivity contribution in [2.45, 2.75) is 53.3 Å². The second-order valence-electron chi connectivity index (χ2n) is 4.46. The van der Waals surface area contributed by atoms with E-state index in [1.807, 2.05) is 4.68 Å². The molecule has 1 aromatic heterocycles. The van der Waals surface area contributed by atoms with E-state index in [-0.39, 0.29) is 0 Å². The molecule has 0 bridgehead atoms. The molecule has 4 nitrogen and oxygen atoms in total. The Balaban J connectivity index is 2.32. The summed E-state index contributed by atoms with van der Waals surface area (Å²) < 4.78 is 7.67. The van der Waals surface area contributed by atoms with E-state index in [9.17, 15) is 0 Å². The molecule has 1 rings (SSSR count). The normalized spacial score (nSPS) is 11.4. The molecule has 0 aliphatic heterocycles. The van der Waals surface area contributed by atoms with Gasteiger partial charge in [0.1, 0.15) is 0 Å². The molecule has 17 heavy (non-hydrogen) atoms. The molecule has 0 aliphatic rings. The lowest BCUT2D eigenvalue weighted by Gasteiger charge is -2.09. The number of aromatic nitrogens is 2. The van der Waals surface area contributed by atoms with Crippen molar-refractivity contribution in [2.24, 2.45) is 0 Å². The fraction of sp³-hybridized carbons (Fsp3) is 0.769. The summed E-state index contributed by atoms with van der Waals surface area (Å²) in [6.45, 7) is 11.7. The van der Waals surface area contributed by atoms with Crippen molar-refractivity contribution in [3.63, 3.8) is 0 Å². The number of nitrogens with zero attached hydrogens (tertiary/aromatic N) is 2. The van der Waals surface area contributed by atoms with Gasteiger partial charge in [-0.2, -0.15) is 5.10 Å². The van der Waals surface area contributed by atoms with Crippen molar-refractivity contribution >= 4 is 0 Å². The van der Waals surface area contributed by atoms with Crippen molar-refractivity contribution in [2.75, 3.05) is 13.2 Å². The van der Waals surface area contributed by atoms with Crippen LogP contribution in [0.25, 0.3) is 0 Å². The van der Waals surface area contributed by atoms with Gasteiger partial charge in [0.05, 0.1) is 24.6 Å². The molecule has 0 unspecified atom stereocenters. The van der Waals surface area contributed by atoms with Crippen molar-refractivity contribution in [1.82, 2.24) is 15.1 Å². The first-order valence-electron chi connectivity index (χ1n) is 6.54. The molecule has 0 radical (unpaired) electrons. The fourth-order valence-corrected chi connectivity index (χ4v) is 1.67. The van der Waals surface area contributed by atoms with Crippen LogP contribution in [0.2, 0.25) is 0 Å². The predicted molar refractivity (Wildman–Crippen MR) is 70.1 cm³/mol. The second-order valence-corrected chi connectivity index (χ2v) is 4.46. The van der Waals surface area contributed by atoms with Gasteiger partial charge in [0, 0.05) is 19.1 Å². The van der Waals surface area contributed by atoms with Gasteiger partial charge in [-0.3, -0.25) is 4.68 Å². The molecule has 98 valence electrons. The van der Waals surface area contributed by atoms with Gasteiger partial charge in [-0.05, 0) is 19.4 Å². The Kier molecular flexibility index (Phi) is 6.22. The number of rotatable bonds is 8. The maximum absolute atomic E-state index is 5.65. The Hall–Kier alpha value is -0.870. The number of ether oxygens (including phenoxy) is 1. The molecule has 0 atom stereocenters. The summed E-state index contributed by atoms with van der Waals surface area (Å²) in [5.41, 5.74) is 2.32. The van der Waals surface area contributed by atoms with Crippen molar-refractivity contribution < 1.29 is 4.74 Å². The summed E-state index contributed by atoms with van der Waals surface area (Å²) >= 11 is 0. The summed E-state index contributed by atoms with van der Waals surface area (Å²) in [4.78, 5) is 0. The van der Waals surface area contributed by atoms with Crippen LogP contribution in [0.3, 0.4) is 0 Å². The van der Waals surface area contributed by atoms with Crippen molar-refractivity contribution in [3.8, 4) is 0 Å². The van der Waals surface area contributed by atoms with Crippen LogP contribution in [0.15, 0.2) is 6.07 Å². The monoisotopic (exact) mass is 239 g/mol. The van der Waals surface area contributed by atoms with Crippen molar-refractivity contribution in [1.29, 1.82) is 0 Å². The van der Waals surface area contributed by atoms with Crippen LogP contribution in [0, 0.1) is 0 Å². The first-order chi connectivity index (χ1) is 8.17. The molecular weight excluding hydrogens is 214 g/mol. The highest BCUT2D eigenvalue weighted by molar-refractivity contribution is 5.09. The molecule has 0 spiro atoms. The summed E-state index contributed by atoms with van der Waals surface area (Å²) in [6.07, 6.45) is 0.981. The molecule has 0 saturated heterocycles. The molecule has 0 fully saturated rings. The summed E-state index contributed by atoms with van der Waals surface area (Å²) in [7, 11) is 0. The van der Waals surface area contributed by atoms with Gasteiger partial charge in [0.25, 0.3) is 0 Å². The largest absolute Gasteiger partial charge is 0.374 e. The lowest BCUT2D eigenvalue weighted by atomic mass is 10.3. The minimum atomic E-state index is 0.520. The van der Waals surface area contributed by atoms with E-state index in [4.69, 9.17) is 4.74 Å². The van der Waals surface area contributed by atoms with E-state index < -0.39 is 0 Å². The van der Waals surface area contributed by atoms with Crippen LogP contribution >= 0.6 is 0 Å². The van der Waals surface area contributed by atoms with E-state index in [2.05, 4.69) is 44.2 Å². The number of aryl methyl sites for hydroxylation is 2. The molecular formula is C13H25N3O. The molecule has 0 amide bonds. The fourth-order valence-electron chi connectivity index (χ4n) is 1.67. The smallest absolute Gasteiger partial charge is 0.0885 e. The first-order valence-corrected chi connectivity index (χ1v) is 6.54. The average molecular weight is 239 g/mol. The highest BCUT2D eigenvalue weighted by Gasteiger charge is 2.05. The van der Waals surface area contributed by atoms with Crippen LogP contribution in [-0.4, -0.2) is 29.0 Å². The lowest BCUT2D eigenvalue weighted by molar-refractivity contribution is 0.115. The SMILES string of the molecule is CCc1cc(COCCNC(C)C)n(CC)n1. The lowest BCUT2D eigenvalue weighted by Crippen LogP contribution is -2.26. The Morgan fingerprint density at radius 2 is 2.18 bits per heavy atom. The Morgan fingerprint density at radius 3 is 2.76 bits per heavy atom. The van der Waals surface area contributed by atoms with Crippen LogP contribution in [0.5, 0.6) is 0 Å². The van der Waals surface area contributed by atoms with Crippen LogP contribution < -0.4 is 5.32 Å². The maximum atomic E-state index is 5.65. The quantitative estimate of drug-likeness (QED) is 0.705. The maximum Gasteiger partial charge on any atom is 0.0885 e. The minimum absolute atomic E-state index is 0.520. The van der Waals surface area contributed by atoms with Gasteiger partial charge in [-0.15, -0.1) is 0 Å². The van der Waals surface area contributed by atoms with E-state index in [1.165, 1.54) is 5.69 Å². The zero-order valence-electron chi connectivity index (χ0n) is 11.5. The van der Waals surface area contributed by atoms with Crippen molar-refractivity contribution in [3.05, 3.63) is 17.5 Å². The third kappa shape index (κ3) is 4.88. The van der Waals surface area contributed by atoms with E-state index in [0.29, 0.717) is 12.6 Å². The van der Waals surface area contributed by atoms with Crippen LogP contribution in [-0.2, 0) is 24.3 Å². The number of nitrogens with one attached hydrogen (secondary N) is 1. The Labute approximate surface area is 104 Å². The molecule has 1 N–H and O–H groups in total. The third-order valence-corrected chi connectivity index (χ3v) is 2.62. The van der Waals surface area contributed by atoms with Gasteiger partial charge >= 0.3 is 0 Å². The van der Waals surface area contributed by atoms with E-state index in [1.54, 1.807) is 0 Å². The Bertz CT molecular complexity index is 320. The standard InChI is InChI=1S/C13H25N3O/c1-5-12-9-13(16(6-2)15-12)10-17-8-7-14-11(3)4/h9,11,14H,5-8,10H2,1-4H3. The number of hydrogen-bond donors (Lipinski definition) is 1. The topological polar surface area (TPSA) is 39.1 Å². The second kappa shape index (κ2) is 7.45. The number of hydrogen-bond acceptors (Lipinski definition) is 3. The third-order valence-electron chi connectivity index (χ3n) is 2.62. The highest BCUT2D eigenvalue weighted by atomic mass is 16.5. The van der Waals surface area contributed by atoms with Gasteiger partial charge in [0.2, 0.25) is 0 Å². The summed E-state index contributed by atoms with van der Waals surface area (Å²) in [6, 6.07) is 2.66. The summed E-state index contributed by atoms with van der Waals surface area (Å²) in [5, 5.41) is 7.82. The van der Waals surface area contributed by atoms with E-state index in [0.717, 1.165) is 31.8 Å². The molecule has 0 saturated carbocycles. The highest BCUT2D eigenvalue weighted by Crippen LogP contribution is 2.06. The van der Waals surface area contributed by atoms with Crippen LogP contribution in [0.1, 0.15) is 39.1 Å². The zero-order chi connectivity index (χ0) is 12.7. The molecule has 0 aromatic carbocycles. The minimum Gasteiger partial charge on any atom is -0.374 e. The van der Waals surface area contributed by atoms with Crippen LogP contribution in [0.4, 0.5) is 0 Å². The zero-order valence-corrected chi connectivity index (χ0v) is 11.5. The van der Waals surface area contributed by atoms with Gasteiger partial charge in [0.15, 0.2) is 0 Å². The Morgan fingerprint density at radius 1 is 1.41 bits per heavy atom. The molecule has 0 aliphatic carbocycles. The first kappa shape index (κ1) is 14.2. The van der Waals surface area contributed by atoms with Gasteiger partial charge in [-0.25, -0.2) is 0 Å². The van der Waals surface area contributed by atoms with Gasteiger partial charge in [-0.1, -0.05) is 20.8 Å². The molecule has 1 aromatic rings. The molecule has 1 heterocycles. The summed E-state index contributed by atoms with van der Waals surface area (Å²) in [5.74, 6) is 0. The van der Waals surface area contributed by atoms with E-state index >= 15 is 0 Å². The van der Waals surface area contributed by atoms with Gasteiger partial charge < -0.3 is 10.1 Å².